The molecule has 1 N–H and O–H groups in total. The molecule has 0 bridgehead atoms. The number of hydrogen-bond acceptors (Lipinski definition) is 5. The van der Waals surface area contributed by atoms with Gasteiger partial charge in [-0.05, 0) is 36.8 Å². The standard InChI is InChI=1S/C20H16O6S/c1-12-18-15(9-10-25-18)17-13(7-8-16(20(21)22)19(17)26-12)11-27(23,24)14-5-3-2-4-6-14/h2-10,12H,11H2,1H3,(H,21,22). The predicted octanol–water partition coefficient (Wildman–Crippen LogP) is 4.07. The molecule has 3 aromatic rings. The van der Waals surface area contributed by atoms with Crippen molar-refractivity contribution < 1.29 is 27.5 Å². The Labute approximate surface area is 155 Å². The molecule has 1 aromatic heterocycles. The quantitative estimate of drug-likeness (QED) is 0.729. The van der Waals surface area contributed by atoms with E-state index in [1.807, 2.05) is 0 Å². The summed E-state index contributed by atoms with van der Waals surface area (Å²) >= 11 is 0. The number of furan rings is 1. The Kier molecular flexibility index (Phi) is 4.04. The third kappa shape index (κ3) is 2.90. The van der Waals surface area contributed by atoms with Crippen LogP contribution in [0.5, 0.6) is 5.75 Å². The minimum atomic E-state index is -3.61. The van der Waals surface area contributed by atoms with Crippen LogP contribution in [0.2, 0.25) is 0 Å². The van der Waals surface area contributed by atoms with Crippen molar-refractivity contribution in [1.29, 1.82) is 0 Å². The molecule has 2 heterocycles. The number of fused-ring (bicyclic) bond motifs is 3. The zero-order chi connectivity index (χ0) is 19.2. The summed E-state index contributed by atoms with van der Waals surface area (Å²) < 4.78 is 37.0. The largest absolute Gasteiger partial charge is 0.481 e. The van der Waals surface area contributed by atoms with Crippen LogP contribution >= 0.6 is 0 Å². The summed E-state index contributed by atoms with van der Waals surface area (Å²) in [6.07, 6.45) is 1.02. The number of rotatable bonds is 4. The van der Waals surface area contributed by atoms with E-state index < -0.39 is 21.9 Å². The molecule has 1 atom stereocenters. The van der Waals surface area contributed by atoms with E-state index in [-0.39, 0.29) is 22.0 Å². The Bertz CT molecular complexity index is 1130. The molecule has 2 aromatic carbocycles. The Morgan fingerprint density at radius 1 is 1.11 bits per heavy atom. The second kappa shape index (κ2) is 6.28. The van der Waals surface area contributed by atoms with Crippen LogP contribution in [-0.2, 0) is 15.6 Å². The number of ether oxygens (including phenoxy) is 1. The molecule has 1 aliphatic heterocycles. The van der Waals surface area contributed by atoms with E-state index in [1.165, 1.54) is 30.5 Å². The zero-order valence-electron chi connectivity index (χ0n) is 14.4. The topological polar surface area (TPSA) is 93.8 Å². The lowest BCUT2D eigenvalue weighted by atomic mass is 9.93. The average Bonchev–Trinajstić information content (AvgIpc) is 3.12. The lowest BCUT2D eigenvalue weighted by molar-refractivity contribution is 0.0688. The molecule has 27 heavy (non-hydrogen) atoms. The summed E-state index contributed by atoms with van der Waals surface area (Å²) in [4.78, 5) is 11.8. The molecule has 0 saturated heterocycles. The molecular formula is C20H16O6S. The number of carboxylic acid groups (broad SMARTS) is 1. The van der Waals surface area contributed by atoms with Gasteiger partial charge < -0.3 is 14.3 Å². The van der Waals surface area contributed by atoms with E-state index in [9.17, 15) is 18.3 Å². The van der Waals surface area contributed by atoms with Gasteiger partial charge in [-0.2, -0.15) is 0 Å². The van der Waals surface area contributed by atoms with E-state index in [0.717, 1.165) is 0 Å². The smallest absolute Gasteiger partial charge is 0.339 e. The first kappa shape index (κ1) is 17.4. The van der Waals surface area contributed by atoms with E-state index in [0.29, 0.717) is 22.5 Å². The number of carboxylic acids is 1. The fourth-order valence-electron chi connectivity index (χ4n) is 3.32. The van der Waals surface area contributed by atoms with Crippen molar-refractivity contribution >= 4 is 15.8 Å². The maximum atomic E-state index is 12.8. The first-order valence-corrected chi connectivity index (χ1v) is 9.95. The number of sulfone groups is 1. The minimum absolute atomic E-state index is 0.00967. The highest BCUT2D eigenvalue weighted by Gasteiger charge is 2.33. The summed E-state index contributed by atoms with van der Waals surface area (Å²) in [7, 11) is -3.61. The second-order valence-corrected chi connectivity index (χ2v) is 8.30. The van der Waals surface area contributed by atoms with Crippen LogP contribution in [0, 0.1) is 0 Å². The van der Waals surface area contributed by atoms with Crippen LogP contribution < -0.4 is 4.74 Å². The Morgan fingerprint density at radius 2 is 1.85 bits per heavy atom. The summed E-state index contributed by atoms with van der Waals surface area (Å²) in [5.41, 5.74) is 1.57. The molecule has 6 nitrogen and oxygen atoms in total. The van der Waals surface area contributed by atoms with Gasteiger partial charge in [0.15, 0.2) is 21.7 Å². The van der Waals surface area contributed by atoms with Crippen molar-refractivity contribution in [2.24, 2.45) is 0 Å². The highest BCUT2D eigenvalue weighted by molar-refractivity contribution is 7.90. The monoisotopic (exact) mass is 384 g/mol. The van der Waals surface area contributed by atoms with E-state index in [1.54, 1.807) is 31.2 Å². The average molecular weight is 384 g/mol. The molecule has 1 aliphatic rings. The van der Waals surface area contributed by atoms with Crippen LogP contribution in [0.25, 0.3) is 11.1 Å². The molecule has 1 unspecified atom stereocenters. The zero-order valence-corrected chi connectivity index (χ0v) is 15.2. The Balaban J connectivity index is 1.90. The maximum Gasteiger partial charge on any atom is 0.339 e. The predicted molar refractivity (Wildman–Crippen MR) is 97.5 cm³/mol. The minimum Gasteiger partial charge on any atom is -0.481 e. The van der Waals surface area contributed by atoms with Gasteiger partial charge in [-0.15, -0.1) is 0 Å². The van der Waals surface area contributed by atoms with Crippen LogP contribution in [0.1, 0.15) is 34.7 Å². The molecule has 0 fully saturated rings. The molecule has 0 spiro atoms. The third-order valence-electron chi connectivity index (χ3n) is 4.55. The van der Waals surface area contributed by atoms with Crippen LogP contribution in [-0.4, -0.2) is 19.5 Å². The normalized spacial score (nSPS) is 15.5. The fraction of sp³-hybridized carbons (Fsp3) is 0.150. The Morgan fingerprint density at radius 3 is 2.56 bits per heavy atom. The SMILES string of the molecule is CC1Oc2c(C(=O)O)ccc(CS(=O)(=O)c3ccccc3)c2-c2ccoc21. The van der Waals surface area contributed by atoms with Gasteiger partial charge in [0.05, 0.1) is 16.9 Å². The van der Waals surface area contributed by atoms with Gasteiger partial charge in [-0.1, -0.05) is 24.3 Å². The molecule has 0 aliphatic carbocycles. The van der Waals surface area contributed by atoms with Gasteiger partial charge >= 0.3 is 5.97 Å². The highest BCUT2D eigenvalue weighted by atomic mass is 32.2. The fourth-order valence-corrected chi connectivity index (χ4v) is 4.71. The molecule has 7 heteroatoms. The Hall–Kier alpha value is -3.06. The summed E-state index contributed by atoms with van der Waals surface area (Å²) in [5.74, 6) is -0.697. The van der Waals surface area contributed by atoms with Crippen molar-refractivity contribution in [1.82, 2.24) is 0 Å². The van der Waals surface area contributed by atoms with Crippen molar-refractivity contribution in [3.63, 3.8) is 0 Å². The first-order valence-electron chi connectivity index (χ1n) is 8.30. The van der Waals surface area contributed by atoms with Crippen LogP contribution in [0.4, 0.5) is 0 Å². The third-order valence-corrected chi connectivity index (χ3v) is 6.23. The van der Waals surface area contributed by atoms with Crippen molar-refractivity contribution in [3.05, 3.63) is 71.7 Å². The van der Waals surface area contributed by atoms with Crippen LogP contribution in [0.15, 0.2) is 64.1 Å². The van der Waals surface area contributed by atoms with Gasteiger partial charge in [0.1, 0.15) is 11.3 Å². The van der Waals surface area contributed by atoms with Gasteiger partial charge in [0.25, 0.3) is 0 Å². The van der Waals surface area contributed by atoms with Crippen LogP contribution in [0.3, 0.4) is 0 Å². The molecule has 4 rings (SSSR count). The lowest BCUT2D eigenvalue weighted by Crippen LogP contribution is -2.15. The number of carbonyl (C=O) groups is 1. The van der Waals surface area contributed by atoms with Gasteiger partial charge in [-0.25, -0.2) is 13.2 Å². The molecular weight excluding hydrogens is 368 g/mol. The molecule has 0 saturated carbocycles. The summed E-state index contributed by atoms with van der Waals surface area (Å²) in [6, 6.07) is 12.8. The molecule has 0 radical (unpaired) electrons. The first-order chi connectivity index (χ1) is 12.9. The van der Waals surface area contributed by atoms with Gasteiger partial charge in [0.2, 0.25) is 0 Å². The van der Waals surface area contributed by atoms with Gasteiger partial charge in [0, 0.05) is 11.1 Å². The number of aromatic carboxylic acids is 1. The van der Waals surface area contributed by atoms with Gasteiger partial charge in [-0.3, -0.25) is 0 Å². The summed E-state index contributed by atoms with van der Waals surface area (Å²) in [6.45, 7) is 1.75. The van der Waals surface area contributed by atoms with Crippen molar-refractivity contribution in [3.8, 4) is 16.9 Å². The van der Waals surface area contributed by atoms with E-state index in [4.69, 9.17) is 9.15 Å². The maximum absolute atomic E-state index is 12.8. The summed E-state index contributed by atoms with van der Waals surface area (Å²) in [5, 5.41) is 9.51. The molecule has 138 valence electrons. The van der Waals surface area contributed by atoms with E-state index >= 15 is 0 Å². The highest BCUT2D eigenvalue weighted by Crippen LogP contribution is 2.47. The van der Waals surface area contributed by atoms with Crippen molar-refractivity contribution in [2.45, 2.75) is 23.7 Å². The number of benzene rings is 2. The number of hydrogen-bond donors (Lipinski definition) is 1. The second-order valence-electron chi connectivity index (χ2n) is 6.31. The molecule has 0 amide bonds. The lowest BCUT2D eigenvalue weighted by Gasteiger charge is -2.26. The van der Waals surface area contributed by atoms with Crippen molar-refractivity contribution in [2.75, 3.05) is 0 Å². The van der Waals surface area contributed by atoms with E-state index in [2.05, 4.69) is 0 Å².